The number of nitrogens with one attached hydrogen (secondary N) is 2. The van der Waals surface area contributed by atoms with Crippen LogP contribution in [0.2, 0.25) is 0 Å². The van der Waals surface area contributed by atoms with Crippen LogP contribution in [0.1, 0.15) is 18.1 Å². The van der Waals surface area contributed by atoms with Crippen LogP contribution in [-0.4, -0.2) is 41.7 Å². The number of amides is 1. The van der Waals surface area contributed by atoms with Gasteiger partial charge in [0.2, 0.25) is 5.91 Å². The molecule has 1 saturated heterocycles. The molecule has 3 N–H and O–H groups in total. The Hall–Kier alpha value is -0.750. The van der Waals surface area contributed by atoms with Crippen LogP contribution in [0.15, 0.2) is 30.3 Å². The fourth-order valence-corrected chi connectivity index (χ4v) is 3.00. The van der Waals surface area contributed by atoms with Gasteiger partial charge in [0.25, 0.3) is 0 Å². The molecule has 1 aromatic rings. The highest BCUT2D eigenvalue weighted by Gasteiger charge is 2.17. The molecule has 1 amide bonds. The number of halogens is 1. The molecule has 0 radical (unpaired) electrons. The zero-order valence-electron chi connectivity index (χ0n) is 11.2. The average Bonchev–Trinajstić information content (AvgIpc) is 2.47. The Labute approximate surface area is 130 Å². The molecule has 1 aliphatic rings. The highest BCUT2D eigenvalue weighted by atomic mass is 35.5. The summed E-state index contributed by atoms with van der Waals surface area (Å²) in [6.07, 6.45) is -0.159. The standard InChI is InChI=1S/C14H20N2O2S.ClH/c17-13(11-4-2-1-3-5-11)9-16-14(18)8-12-10-19-7-6-15-12;/h1-5,12-13,15,17H,6-10H2,(H,16,18);1H. The maximum Gasteiger partial charge on any atom is 0.221 e. The number of hydrogen-bond donors (Lipinski definition) is 3. The van der Waals surface area contributed by atoms with E-state index in [1.54, 1.807) is 0 Å². The Bertz CT molecular complexity index is 399. The molecule has 112 valence electrons. The summed E-state index contributed by atoms with van der Waals surface area (Å²) < 4.78 is 0. The molecule has 1 aliphatic heterocycles. The zero-order chi connectivity index (χ0) is 13.5. The predicted molar refractivity (Wildman–Crippen MR) is 85.4 cm³/mol. The van der Waals surface area contributed by atoms with E-state index in [0.717, 1.165) is 23.6 Å². The zero-order valence-corrected chi connectivity index (χ0v) is 12.9. The number of carbonyl (C=O) groups excluding carboxylic acids is 1. The molecule has 0 saturated carbocycles. The Morgan fingerprint density at radius 2 is 2.20 bits per heavy atom. The van der Waals surface area contributed by atoms with E-state index in [2.05, 4.69) is 10.6 Å². The van der Waals surface area contributed by atoms with Gasteiger partial charge in [-0.3, -0.25) is 4.79 Å². The fraction of sp³-hybridized carbons (Fsp3) is 0.500. The van der Waals surface area contributed by atoms with Crippen molar-refractivity contribution >= 4 is 30.1 Å². The Morgan fingerprint density at radius 1 is 1.45 bits per heavy atom. The molecule has 0 spiro atoms. The van der Waals surface area contributed by atoms with E-state index in [4.69, 9.17) is 0 Å². The normalized spacial score (nSPS) is 19.8. The largest absolute Gasteiger partial charge is 0.387 e. The van der Waals surface area contributed by atoms with E-state index < -0.39 is 6.10 Å². The summed E-state index contributed by atoms with van der Waals surface area (Å²) in [7, 11) is 0. The van der Waals surface area contributed by atoms with Crippen molar-refractivity contribution < 1.29 is 9.90 Å². The Kier molecular flexibility index (Phi) is 7.99. The van der Waals surface area contributed by atoms with Gasteiger partial charge >= 0.3 is 0 Å². The third-order valence-electron chi connectivity index (χ3n) is 3.11. The third kappa shape index (κ3) is 5.71. The van der Waals surface area contributed by atoms with Crippen LogP contribution >= 0.6 is 24.2 Å². The van der Waals surface area contributed by atoms with Gasteiger partial charge in [0.1, 0.15) is 0 Å². The van der Waals surface area contributed by atoms with Crippen LogP contribution in [0.4, 0.5) is 0 Å². The van der Waals surface area contributed by atoms with Crippen molar-refractivity contribution in [3.63, 3.8) is 0 Å². The summed E-state index contributed by atoms with van der Waals surface area (Å²) in [6, 6.07) is 9.63. The number of rotatable bonds is 5. The monoisotopic (exact) mass is 316 g/mol. The minimum atomic E-state index is -0.640. The first kappa shape index (κ1) is 17.3. The molecule has 2 atom stereocenters. The van der Waals surface area contributed by atoms with Gasteiger partial charge in [-0.05, 0) is 5.56 Å². The number of thioether (sulfide) groups is 1. The second-order valence-electron chi connectivity index (χ2n) is 4.66. The Balaban J connectivity index is 0.00000200. The minimum Gasteiger partial charge on any atom is -0.387 e. The summed E-state index contributed by atoms with van der Waals surface area (Å²) in [5.41, 5.74) is 0.828. The molecule has 6 heteroatoms. The van der Waals surface area contributed by atoms with Gasteiger partial charge < -0.3 is 15.7 Å². The summed E-state index contributed by atoms with van der Waals surface area (Å²) in [4.78, 5) is 11.8. The number of carbonyl (C=O) groups is 1. The molecule has 0 bridgehead atoms. The van der Waals surface area contributed by atoms with Crippen molar-refractivity contribution in [3.8, 4) is 0 Å². The van der Waals surface area contributed by atoms with Gasteiger partial charge in [0.05, 0.1) is 6.10 Å². The number of aliphatic hydroxyl groups excluding tert-OH is 1. The molecular weight excluding hydrogens is 296 g/mol. The van der Waals surface area contributed by atoms with Crippen molar-refractivity contribution in [2.45, 2.75) is 18.6 Å². The second-order valence-corrected chi connectivity index (χ2v) is 5.81. The summed E-state index contributed by atoms with van der Waals surface area (Å²) >= 11 is 1.87. The lowest BCUT2D eigenvalue weighted by Gasteiger charge is -2.22. The first-order valence-corrected chi connectivity index (χ1v) is 7.72. The quantitative estimate of drug-likeness (QED) is 0.767. The summed E-state index contributed by atoms with van der Waals surface area (Å²) in [6.45, 7) is 1.23. The van der Waals surface area contributed by atoms with Crippen LogP contribution in [0.3, 0.4) is 0 Å². The number of aliphatic hydroxyl groups is 1. The van der Waals surface area contributed by atoms with Crippen LogP contribution in [0.5, 0.6) is 0 Å². The second kappa shape index (κ2) is 9.23. The lowest BCUT2D eigenvalue weighted by Crippen LogP contribution is -2.41. The predicted octanol–water partition coefficient (Wildman–Crippen LogP) is 1.35. The molecule has 2 unspecified atom stereocenters. The van der Waals surface area contributed by atoms with Crippen LogP contribution in [-0.2, 0) is 4.79 Å². The molecule has 1 heterocycles. The first-order chi connectivity index (χ1) is 9.25. The van der Waals surface area contributed by atoms with E-state index in [1.807, 2.05) is 42.1 Å². The van der Waals surface area contributed by atoms with Crippen molar-refractivity contribution in [3.05, 3.63) is 35.9 Å². The Morgan fingerprint density at radius 3 is 2.85 bits per heavy atom. The molecule has 20 heavy (non-hydrogen) atoms. The van der Waals surface area contributed by atoms with Crippen molar-refractivity contribution in [1.29, 1.82) is 0 Å². The maximum absolute atomic E-state index is 11.8. The van der Waals surface area contributed by atoms with Crippen LogP contribution in [0, 0.1) is 0 Å². The molecule has 1 aromatic carbocycles. The van der Waals surface area contributed by atoms with Gasteiger partial charge in [-0.1, -0.05) is 30.3 Å². The van der Waals surface area contributed by atoms with E-state index >= 15 is 0 Å². The van der Waals surface area contributed by atoms with Crippen molar-refractivity contribution in [2.75, 3.05) is 24.6 Å². The highest BCUT2D eigenvalue weighted by molar-refractivity contribution is 7.99. The van der Waals surface area contributed by atoms with Crippen molar-refractivity contribution in [1.82, 2.24) is 10.6 Å². The van der Waals surface area contributed by atoms with Gasteiger partial charge in [0, 0.05) is 37.1 Å². The van der Waals surface area contributed by atoms with E-state index in [0.29, 0.717) is 6.42 Å². The SMILES string of the molecule is Cl.O=C(CC1CSCCN1)NCC(O)c1ccccc1. The summed E-state index contributed by atoms with van der Waals surface area (Å²) in [5, 5.41) is 16.1. The highest BCUT2D eigenvalue weighted by Crippen LogP contribution is 2.12. The van der Waals surface area contributed by atoms with Gasteiger partial charge in [0.15, 0.2) is 0 Å². The van der Waals surface area contributed by atoms with E-state index in [9.17, 15) is 9.90 Å². The van der Waals surface area contributed by atoms with Gasteiger partial charge in [-0.25, -0.2) is 0 Å². The van der Waals surface area contributed by atoms with Gasteiger partial charge in [-0.2, -0.15) is 11.8 Å². The van der Waals surface area contributed by atoms with Crippen LogP contribution in [0.25, 0.3) is 0 Å². The van der Waals surface area contributed by atoms with Crippen LogP contribution < -0.4 is 10.6 Å². The smallest absolute Gasteiger partial charge is 0.221 e. The van der Waals surface area contributed by atoms with E-state index in [-0.39, 0.29) is 30.9 Å². The third-order valence-corrected chi connectivity index (χ3v) is 4.24. The number of benzene rings is 1. The maximum atomic E-state index is 11.8. The first-order valence-electron chi connectivity index (χ1n) is 6.56. The molecule has 0 aliphatic carbocycles. The summed E-state index contributed by atoms with van der Waals surface area (Å²) in [5.74, 6) is 2.09. The lowest BCUT2D eigenvalue weighted by atomic mass is 10.1. The van der Waals surface area contributed by atoms with Crippen molar-refractivity contribution in [2.24, 2.45) is 0 Å². The average molecular weight is 317 g/mol. The van der Waals surface area contributed by atoms with E-state index in [1.165, 1.54) is 0 Å². The number of hydrogen-bond acceptors (Lipinski definition) is 4. The fourth-order valence-electron chi connectivity index (χ4n) is 2.05. The molecule has 4 nitrogen and oxygen atoms in total. The lowest BCUT2D eigenvalue weighted by molar-refractivity contribution is -0.121. The molecule has 1 fully saturated rings. The minimum absolute atomic E-state index is 0. The molecular formula is C14H21ClN2O2S. The topological polar surface area (TPSA) is 61.4 Å². The van der Waals surface area contributed by atoms with Gasteiger partial charge in [-0.15, -0.1) is 12.4 Å². The molecule has 0 aromatic heterocycles. The molecule has 2 rings (SSSR count).